The zero-order valence-electron chi connectivity index (χ0n) is 14.5. The Labute approximate surface area is 156 Å². The van der Waals surface area contributed by atoms with Gasteiger partial charge in [-0.05, 0) is 5.92 Å². The van der Waals surface area contributed by atoms with Crippen LogP contribution in [0.5, 0.6) is 0 Å². The molecule has 0 aromatic heterocycles. The van der Waals surface area contributed by atoms with Gasteiger partial charge in [-0.3, -0.25) is 14.4 Å². The number of thiol groups is 1. The predicted octanol–water partition coefficient (Wildman–Crippen LogP) is -3.58. The maximum Gasteiger partial charge on any atom is 0.326 e. The third-order valence-corrected chi connectivity index (χ3v) is 3.76. The number of carbonyl (C=O) groups is 4. The molecule has 26 heavy (non-hydrogen) atoms. The van der Waals surface area contributed by atoms with Crippen molar-refractivity contribution in [3.63, 3.8) is 0 Å². The molecule has 4 atom stereocenters. The van der Waals surface area contributed by atoms with E-state index in [-0.39, 0.29) is 5.75 Å². The van der Waals surface area contributed by atoms with Gasteiger partial charge in [0.05, 0.1) is 13.2 Å². The standard InChI is InChI=1S/C14H26N4O7S/c1-6(2)10(14(24)25)18-12(22)8(4-20)16-13(23)9(5-26)17-11(21)7(15)3-19/h6-10,19-20,26H,3-5,15H2,1-2H3,(H,16,23)(H,17,21)(H,18,22)(H,24,25). The lowest BCUT2D eigenvalue weighted by molar-refractivity contribution is -0.143. The topological polar surface area (TPSA) is 191 Å². The summed E-state index contributed by atoms with van der Waals surface area (Å²) in [4.78, 5) is 47.0. The molecule has 0 spiro atoms. The molecule has 12 heteroatoms. The fraction of sp³-hybridized carbons (Fsp3) is 0.714. The molecule has 150 valence electrons. The predicted molar refractivity (Wildman–Crippen MR) is 94.3 cm³/mol. The van der Waals surface area contributed by atoms with Gasteiger partial charge in [-0.15, -0.1) is 0 Å². The van der Waals surface area contributed by atoms with Crippen LogP contribution >= 0.6 is 12.6 Å². The zero-order valence-corrected chi connectivity index (χ0v) is 15.4. The van der Waals surface area contributed by atoms with Crippen LogP contribution in [0.1, 0.15) is 13.8 Å². The van der Waals surface area contributed by atoms with Crippen LogP contribution in [-0.2, 0) is 19.2 Å². The molecule has 0 saturated carbocycles. The number of hydrogen-bond acceptors (Lipinski definition) is 8. The molecule has 0 radical (unpaired) electrons. The fourth-order valence-electron chi connectivity index (χ4n) is 1.79. The Balaban J connectivity index is 4.95. The number of aliphatic hydroxyl groups excluding tert-OH is 2. The Morgan fingerprint density at radius 2 is 1.42 bits per heavy atom. The van der Waals surface area contributed by atoms with E-state index in [1.54, 1.807) is 13.8 Å². The molecule has 0 aliphatic carbocycles. The van der Waals surface area contributed by atoms with Crippen molar-refractivity contribution in [2.45, 2.75) is 38.0 Å². The fourth-order valence-corrected chi connectivity index (χ4v) is 2.05. The zero-order chi connectivity index (χ0) is 20.4. The quantitative estimate of drug-likeness (QED) is 0.165. The first-order chi connectivity index (χ1) is 12.1. The summed E-state index contributed by atoms with van der Waals surface area (Å²) in [6, 6.07) is -5.03. The van der Waals surface area contributed by atoms with E-state index >= 15 is 0 Å². The van der Waals surface area contributed by atoms with Gasteiger partial charge in [0, 0.05) is 5.75 Å². The SMILES string of the molecule is CC(C)C(NC(=O)C(CO)NC(=O)C(CS)NC(=O)C(N)CO)C(=O)O. The maximum absolute atomic E-state index is 12.2. The second-order valence-corrected chi connectivity index (χ2v) is 6.21. The number of carboxylic acids is 1. The Kier molecular flexibility index (Phi) is 10.8. The van der Waals surface area contributed by atoms with Gasteiger partial charge < -0.3 is 37.0 Å². The van der Waals surface area contributed by atoms with Gasteiger partial charge in [-0.2, -0.15) is 12.6 Å². The number of rotatable bonds is 11. The summed E-state index contributed by atoms with van der Waals surface area (Å²) < 4.78 is 0. The number of amides is 3. The van der Waals surface area contributed by atoms with Crippen molar-refractivity contribution in [1.82, 2.24) is 16.0 Å². The lowest BCUT2D eigenvalue weighted by atomic mass is 10.0. The van der Waals surface area contributed by atoms with Gasteiger partial charge in [0.25, 0.3) is 0 Å². The van der Waals surface area contributed by atoms with Crippen molar-refractivity contribution < 1.29 is 34.5 Å². The highest BCUT2D eigenvalue weighted by Gasteiger charge is 2.30. The van der Waals surface area contributed by atoms with Crippen molar-refractivity contribution in [2.75, 3.05) is 19.0 Å². The Morgan fingerprint density at radius 3 is 1.81 bits per heavy atom. The van der Waals surface area contributed by atoms with E-state index in [1.807, 2.05) is 0 Å². The molecular formula is C14H26N4O7S. The molecule has 0 aliphatic rings. The summed E-state index contributed by atoms with van der Waals surface area (Å²) in [5, 5.41) is 33.9. The smallest absolute Gasteiger partial charge is 0.326 e. The molecule has 0 aliphatic heterocycles. The van der Waals surface area contributed by atoms with E-state index in [2.05, 4.69) is 28.6 Å². The lowest BCUT2D eigenvalue weighted by Crippen LogP contribution is -2.59. The largest absolute Gasteiger partial charge is 0.480 e. The van der Waals surface area contributed by atoms with E-state index < -0.39 is 67.0 Å². The molecular weight excluding hydrogens is 368 g/mol. The van der Waals surface area contributed by atoms with Crippen molar-refractivity contribution in [3.05, 3.63) is 0 Å². The van der Waals surface area contributed by atoms with Crippen molar-refractivity contribution in [1.29, 1.82) is 0 Å². The van der Waals surface area contributed by atoms with Gasteiger partial charge in [-0.25, -0.2) is 4.79 Å². The first-order valence-corrected chi connectivity index (χ1v) is 8.44. The summed E-state index contributed by atoms with van der Waals surface area (Å²) >= 11 is 3.92. The Hall–Kier alpha value is -1.89. The van der Waals surface area contributed by atoms with Gasteiger partial charge in [0.2, 0.25) is 17.7 Å². The molecule has 8 N–H and O–H groups in total. The van der Waals surface area contributed by atoms with Gasteiger partial charge in [0.15, 0.2) is 0 Å². The van der Waals surface area contributed by atoms with Crippen LogP contribution in [0.15, 0.2) is 0 Å². The van der Waals surface area contributed by atoms with Crippen LogP contribution in [0.4, 0.5) is 0 Å². The molecule has 0 rings (SSSR count). The molecule has 0 bridgehead atoms. The summed E-state index contributed by atoms with van der Waals surface area (Å²) in [5.74, 6) is -4.33. The van der Waals surface area contributed by atoms with Crippen molar-refractivity contribution in [2.24, 2.45) is 11.7 Å². The second kappa shape index (κ2) is 11.7. The summed E-state index contributed by atoms with van der Waals surface area (Å²) in [5.41, 5.74) is 5.33. The number of aliphatic carboxylic acids is 1. The molecule has 0 aromatic rings. The molecule has 3 amide bonds. The Bertz CT molecular complexity index is 518. The first-order valence-electron chi connectivity index (χ1n) is 7.81. The minimum atomic E-state index is -1.42. The third-order valence-electron chi connectivity index (χ3n) is 3.40. The highest BCUT2D eigenvalue weighted by molar-refractivity contribution is 7.80. The number of aliphatic hydroxyl groups is 2. The highest BCUT2D eigenvalue weighted by atomic mass is 32.1. The van der Waals surface area contributed by atoms with Crippen LogP contribution in [0, 0.1) is 5.92 Å². The molecule has 0 aromatic carbocycles. The number of nitrogens with two attached hydrogens (primary N) is 1. The van der Waals surface area contributed by atoms with Gasteiger partial charge >= 0.3 is 5.97 Å². The minimum absolute atomic E-state index is 0.140. The van der Waals surface area contributed by atoms with Crippen LogP contribution in [0.25, 0.3) is 0 Å². The lowest BCUT2D eigenvalue weighted by Gasteiger charge is -2.24. The molecule has 0 fully saturated rings. The summed E-state index contributed by atoms with van der Waals surface area (Å²) in [6.45, 7) is 1.76. The van der Waals surface area contributed by atoms with Crippen molar-refractivity contribution >= 4 is 36.3 Å². The number of nitrogens with one attached hydrogen (secondary N) is 3. The molecule has 0 heterocycles. The summed E-state index contributed by atoms with van der Waals surface area (Å²) in [6.07, 6.45) is 0. The van der Waals surface area contributed by atoms with Crippen LogP contribution in [0.2, 0.25) is 0 Å². The normalized spacial score (nSPS) is 15.5. The van der Waals surface area contributed by atoms with Gasteiger partial charge in [0.1, 0.15) is 24.2 Å². The van der Waals surface area contributed by atoms with Crippen molar-refractivity contribution in [3.8, 4) is 0 Å². The van der Waals surface area contributed by atoms with E-state index in [1.165, 1.54) is 0 Å². The van der Waals surface area contributed by atoms with E-state index in [0.29, 0.717) is 0 Å². The molecule has 4 unspecified atom stereocenters. The van der Waals surface area contributed by atoms with Crippen LogP contribution in [-0.4, -0.2) is 82.1 Å². The minimum Gasteiger partial charge on any atom is -0.480 e. The molecule has 11 nitrogen and oxygen atoms in total. The highest BCUT2D eigenvalue weighted by Crippen LogP contribution is 2.02. The van der Waals surface area contributed by atoms with E-state index in [0.717, 1.165) is 0 Å². The first kappa shape index (κ1) is 24.1. The van der Waals surface area contributed by atoms with E-state index in [9.17, 15) is 24.3 Å². The maximum atomic E-state index is 12.2. The van der Waals surface area contributed by atoms with Gasteiger partial charge in [-0.1, -0.05) is 13.8 Å². The number of carbonyl (C=O) groups excluding carboxylic acids is 3. The molecule has 0 saturated heterocycles. The second-order valence-electron chi connectivity index (χ2n) is 5.85. The van der Waals surface area contributed by atoms with Crippen LogP contribution < -0.4 is 21.7 Å². The monoisotopic (exact) mass is 394 g/mol. The number of hydrogen-bond donors (Lipinski definition) is 8. The Morgan fingerprint density at radius 1 is 0.923 bits per heavy atom. The summed E-state index contributed by atoms with van der Waals surface area (Å²) in [7, 11) is 0. The third kappa shape index (κ3) is 7.56. The average Bonchev–Trinajstić information content (AvgIpc) is 2.59. The van der Waals surface area contributed by atoms with Crippen LogP contribution in [0.3, 0.4) is 0 Å². The number of carboxylic acid groups (broad SMARTS) is 1. The average molecular weight is 394 g/mol. The van der Waals surface area contributed by atoms with E-state index in [4.69, 9.17) is 15.9 Å².